The quantitative estimate of drug-likeness (QED) is 0.110. The smallest absolute Gasteiger partial charge is 0.220 e. The molecule has 33 heavy (non-hydrogen) atoms. The third kappa shape index (κ3) is 20.0. The van der Waals surface area contributed by atoms with Crippen LogP contribution in [-0.4, -0.2) is 46.1 Å². The minimum atomic E-state index is -1.16. The average molecular weight is 468 g/mol. The lowest BCUT2D eigenvalue weighted by Crippen LogP contribution is -2.50. The lowest BCUT2D eigenvalue weighted by Gasteiger charge is -2.26. The Morgan fingerprint density at radius 3 is 1.91 bits per heavy atom. The summed E-state index contributed by atoms with van der Waals surface area (Å²) in [6.45, 7) is 3.87. The molecule has 5 nitrogen and oxygen atoms in total. The van der Waals surface area contributed by atoms with E-state index in [-0.39, 0.29) is 12.5 Å². The van der Waals surface area contributed by atoms with Gasteiger partial charge < -0.3 is 20.6 Å². The van der Waals surface area contributed by atoms with Gasteiger partial charge in [0.2, 0.25) is 5.91 Å². The van der Waals surface area contributed by atoms with E-state index >= 15 is 0 Å². The van der Waals surface area contributed by atoms with Crippen molar-refractivity contribution in [1.82, 2.24) is 5.32 Å². The van der Waals surface area contributed by atoms with Crippen molar-refractivity contribution in [3.63, 3.8) is 0 Å². The fraction of sp³-hybridized carbons (Fsp3) is 0.821. The molecule has 0 bridgehead atoms. The molecule has 0 aromatic rings. The molecule has 0 aliphatic rings. The first kappa shape index (κ1) is 31.8. The van der Waals surface area contributed by atoms with E-state index in [2.05, 4.69) is 30.5 Å². The van der Waals surface area contributed by atoms with Gasteiger partial charge in [-0.3, -0.25) is 4.79 Å². The maximum Gasteiger partial charge on any atom is 0.220 e. The van der Waals surface area contributed by atoms with Crippen LogP contribution in [0.15, 0.2) is 24.3 Å². The van der Waals surface area contributed by atoms with E-state index in [0.717, 1.165) is 44.9 Å². The van der Waals surface area contributed by atoms with Gasteiger partial charge >= 0.3 is 0 Å². The minimum Gasteiger partial charge on any atom is -0.394 e. The van der Waals surface area contributed by atoms with Crippen LogP contribution >= 0.6 is 0 Å². The predicted molar refractivity (Wildman–Crippen MR) is 139 cm³/mol. The summed E-state index contributed by atoms with van der Waals surface area (Å²) in [6.07, 6.45) is 24.3. The van der Waals surface area contributed by atoms with Crippen molar-refractivity contribution >= 4 is 5.91 Å². The molecule has 0 radical (unpaired) electrons. The largest absolute Gasteiger partial charge is 0.394 e. The molecule has 4 N–H and O–H groups in total. The second-order valence-electron chi connectivity index (χ2n) is 9.25. The number of aliphatic hydroxyl groups is 3. The van der Waals surface area contributed by atoms with Gasteiger partial charge in [-0.1, -0.05) is 95.4 Å². The molecule has 0 aliphatic heterocycles. The van der Waals surface area contributed by atoms with Crippen LogP contribution in [0.25, 0.3) is 0 Å². The molecule has 0 spiro atoms. The monoisotopic (exact) mass is 467 g/mol. The summed E-state index contributed by atoms with van der Waals surface area (Å²) in [7, 11) is 0. The Kier molecular flexibility index (Phi) is 23.1. The summed E-state index contributed by atoms with van der Waals surface area (Å²) in [4.78, 5) is 12.2. The highest BCUT2D eigenvalue weighted by Crippen LogP contribution is 2.13. The second-order valence-corrected chi connectivity index (χ2v) is 9.25. The van der Waals surface area contributed by atoms with E-state index in [1.54, 1.807) is 0 Å². The van der Waals surface area contributed by atoms with Gasteiger partial charge in [0.05, 0.1) is 18.8 Å². The molecule has 3 atom stereocenters. The van der Waals surface area contributed by atoms with Gasteiger partial charge in [0, 0.05) is 6.42 Å². The van der Waals surface area contributed by atoms with Crippen molar-refractivity contribution in [3.05, 3.63) is 24.3 Å². The minimum absolute atomic E-state index is 0.166. The number of rotatable bonds is 23. The Morgan fingerprint density at radius 1 is 0.788 bits per heavy atom. The van der Waals surface area contributed by atoms with Gasteiger partial charge in [-0.2, -0.15) is 0 Å². The number of aliphatic hydroxyl groups excluding tert-OH is 3. The Balaban J connectivity index is 3.85. The third-order valence-corrected chi connectivity index (χ3v) is 6.13. The third-order valence-electron chi connectivity index (χ3n) is 6.13. The molecule has 0 aromatic carbocycles. The Bertz CT molecular complexity index is 492. The maximum atomic E-state index is 12.2. The standard InChI is InChI=1S/C28H53NO4/c1-3-5-7-9-11-13-14-15-17-19-21-23-27(32)29-25(24-30)28(33)26(31)22-20-18-16-12-10-8-6-4-2/h4,6,12,16,25-26,28,30-31,33H,3,5,7-11,13-15,17-24H2,1-2H3,(H,29,32)/b6-4+,16-12+. The molecule has 0 saturated heterocycles. The van der Waals surface area contributed by atoms with Crippen molar-refractivity contribution in [1.29, 1.82) is 0 Å². The van der Waals surface area contributed by atoms with Crippen LogP contribution in [0.4, 0.5) is 0 Å². The Labute approximate surface area is 203 Å². The van der Waals surface area contributed by atoms with E-state index in [0.29, 0.717) is 12.8 Å². The van der Waals surface area contributed by atoms with Gasteiger partial charge in [0.1, 0.15) is 6.10 Å². The SMILES string of the molecule is C/C=C/CC/C=C/CCCC(O)C(O)C(CO)NC(=O)CCCCCCCCCCCCC. The highest BCUT2D eigenvalue weighted by atomic mass is 16.3. The highest BCUT2D eigenvalue weighted by Gasteiger charge is 2.26. The molecule has 0 rings (SSSR count). The topological polar surface area (TPSA) is 89.8 Å². The average Bonchev–Trinajstić information content (AvgIpc) is 2.82. The van der Waals surface area contributed by atoms with Crippen LogP contribution in [0, 0.1) is 0 Å². The van der Waals surface area contributed by atoms with Crippen molar-refractivity contribution in [2.75, 3.05) is 6.61 Å². The molecule has 0 saturated carbocycles. The molecule has 0 aliphatic carbocycles. The van der Waals surface area contributed by atoms with Gasteiger partial charge in [0.15, 0.2) is 0 Å². The van der Waals surface area contributed by atoms with Crippen molar-refractivity contribution in [2.24, 2.45) is 0 Å². The zero-order valence-electron chi connectivity index (χ0n) is 21.5. The van der Waals surface area contributed by atoms with Crippen LogP contribution < -0.4 is 5.32 Å². The van der Waals surface area contributed by atoms with E-state index in [1.165, 1.54) is 51.4 Å². The normalized spacial score (nSPS) is 14.7. The van der Waals surface area contributed by atoms with Crippen molar-refractivity contribution in [3.8, 4) is 0 Å². The van der Waals surface area contributed by atoms with Crippen LogP contribution in [0.5, 0.6) is 0 Å². The molecule has 194 valence electrons. The number of carbonyl (C=O) groups is 1. The lowest BCUT2D eigenvalue weighted by molar-refractivity contribution is -0.124. The van der Waals surface area contributed by atoms with Gasteiger partial charge in [0.25, 0.3) is 0 Å². The number of hydrogen-bond donors (Lipinski definition) is 4. The summed E-state index contributed by atoms with van der Waals surface area (Å²) in [5, 5.41) is 32.8. The zero-order valence-corrected chi connectivity index (χ0v) is 21.5. The van der Waals surface area contributed by atoms with Crippen molar-refractivity contribution < 1.29 is 20.1 Å². The lowest BCUT2D eigenvalue weighted by atomic mass is 10.0. The van der Waals surface area contributed by atoms with Crippen LogP contribution in [0.1, 0.15) is 123 Å². The fourth-order valence-corrected chi connectivity index (χ4v) is 3.95. The fourth-order valence-electron chi connectivity index (χ4n) is 3.95. The Hall–Kier alpha value is -1.17. The molecule has 5 heteroatoms. The van der Waals surface area contributed by atoms with Crippen LogP contribution in [0.2, 0.25) is 0 Å². The first-order chi connectivity index (χ1) is 16.1. The molecule has 3 unspecified atom stereocenters. The predicted octanol–water partition coefficient (Wildman–Crippen LogP) is 5.97. The number of unbranched alkanes of at least 4 members (excludes halogenated alkanes) is 12. The summed E-state index contributed by atoms with van der Waals surface area (Å²) in [5.74, 6) is -0.166. The maximum absolute atomic E-state index is 12.2. The molecular weight excluding hydrogens is 414 g/mol. The molecule has 0 aromatic heterocycles. The highest BCUT2D eigenvalue weighted by molar-refractivity contribution is 5.76. The summed E-state index contributed by atoms with van der Waals surface area (Å²) >= 11 is 0. The number of nitrogens with one attached hydrogen (secondary N) is 1. The van der Waals surface area contributed by atoms with E-state index in [4.69, 9.17) is 0 Å². The first-order valence-electron chi connectivity index (χ1n) is 13.6. The number of amides is 1. The van der Waals surface area contributed by atoms with Crippen LogP contribution in [0.3, 0.4) is 0 Å². The van der Waals surface area contributed by atoms with Crippen molar-refractivity contribution in [2.45, 2.75) is 141 Å². The van der Waals surface area contributed by atoms with Gasteiger partial charge in [-0.05, 0) is 45.4 Å². The number of allylic oxidation sites excluding steroid dienone is 4. The molecule has 0 fully saturated rings. The van der Waals surface area contributed by atoms with E-state index < -0.39 is 18.2 Å². The first-order valence-corrected chi connectivity index (χ1v) is 13.6. The summed E-state index contributed by atoms with van der Waals surface area (Å²) < 4.78 is 0. The molecule has 1 amide bonds. The van der Waals surface area contributed by atoms with Gasteiger partial charge in [-0.25, -0.2) is 0 Å². The number of carbonyl (C=O) groups excluding carboxylic acids is 1. The molecular formula is C28H53NO4. The summed E-state index contributed by atoms with van der Waals surface area (Å²) in [5.41, 5.74) is 0. The van der Waals surface area contributed by atoms with E-state index in [9.17, 15) is 20.1 Å². The summed E-state index contributed by atoms with van der Waals surface area (Å²) in [6, 6.07) is -0.823. The number of hydrogen-bond acceptors (Lipinski definition) is 4. The van der Waals surface area contributed by atoms with E-state index in [1.807, 2.05) is 13.0 Å². The zero-order chi connectivity index (χ0) is 24.6. The Morgan fingerprint density at radius 2 is 1.33 bits per heavy atom. The van der Waals surface area contributed by atoms with Crippen LogP contribution in [-0.2, 0) is 4.79 Å². The second kappa shape index (κ2) is 24.0. The van der Waals surface area contributed by atoms with Gasteiger partial charge in [-0.15, -0.1) is 0 Å². The molecule has 0 heterocycles.